The minimum absolute atomic E-state index is 0.114. The van der Waals surface area contributed by atoms with Gasteiger partial charge in [0.2, 0.25) is 23.6 Å². The van der Waals surface area contributed by atoms with E-state index in [4.69, 9.17) is 4.74 Å². The van der Waals surface area contributed by atoms with Gasteiger partial charge < -0.3 is 9.84 Å². The summed E-state index contributed by atoms with van der Waals surface area (Å²) >= 11 is 3.51. The molecule has 0 aromatic heterocycles. The fourth-order valence-electron chi connectivity index (χ4n) is 7.53. The van der Waals surface area contributed by atoms with Crippen molar-refractivity contribution in [2.75, 3.05) is 18.6 Å². The normalized spacial score (nSPS) is 31.7. The van der Waals surface area contributed by atoms with E-state index in [-0.39, 0.29) is 41.5 Å². The largest absolute Gasteiger partial charge is 0.504 e. The molecule has 2 aromatic rings. The van der Waals surface area contributed by atoms with E-state index in [0.717, 1.165) is 5.57 Å². The number of hydrogen-bond acceptors (Lipinski definition) is 6. The lowest BCUT2D eigenvalue weighted by atomic mass is 9.51. The van der Waals surface area contributed by atoms with Crippen LogP contribution in [0.25, 0.3) is 0 Å². The second-order valence-corrected chi connectivity index (χ2v) is 11.9. The lowest BCUT2D eigenvalue weighted by molar-refractivity contribution is -0.140. The van der Waals surface area contributed by atoms with Crippen LogP contribution in [0, 0.1) is 29.1 Å². The van der Waals surface area contributed by atoms with Crippen molar-refractivity contribution in [2.24, 2.45) is 29.1 Å². The maximum atomic E-state index is 14.3. The number of methoxy groups -OCH3 is 1. The topological polar surface area (TPSA) is 104 Å². The van der Waals surface area contributed by atoms with E-state index in [1.165, 1.54) is 16.9 Å². The molecule has 1 saturated carbocycles. The average molecular weight is 593 g/mol. The molecule has 2 saturated heterocycles. The van der Waals surface area contributed by atoms with Gasteiger partial charge in [-0.25, -0.2) is 4.90 Å². The van der Waals surface area contributed by atoms with Crippen LogP contribution in [0.2, 0.25) is 0 Å². The van der Waals surface area contributed by atoms with Gasteiger partial charge in [0.05, 0.1) is 36.0 Å². The Kier molecular flexibility index (Phi) is 5.98. The molecule has 2 aliphatic carbocycles. The van der Waals surface area contributed by atoms with E-state index in [1.807, 2.05) is 12.1 Å². The summed E-state index contributed by atoms with van der Waals surface area (Å²) in [5.41, 5.74) is 0.516. The SMILES string of the molecule is CCN1C(=O)[C@H]2[C@H](CC=C3[C@H]2C[C@H]2C(=O)N(c4ccccc4)C(=O)[C@@]2(C)[C@H]3c2cc(Br)cc(OC)c2O)C1=O. The molecule has 2 aromatic carbocycles. The van der Waals surface area contributed by atoms with Crippen molar-refractivity contribution < 1.29 is 29.0 Å². The van der Waals surface area contributed by atoms with E-state index in [9.17, 15) is 24.3 Å². The van der Waals surface area contributed by atoms with Crippen LogP contribution in [0.5, 0.6) is 11.5 Å². The van der Waals surface area contributed by atoms with Crippen LogP contribution in [0.4, 0.5) is 5.69 Å². The van der Waals surface area contributed by atoms with E-state index in [1.54, 1.807) is 50.2 Å². The van der Waals surface area contributed by atoms with Gasteiger partial charge in [0.1, 0.15) is 0 Å². The highest BCUT2D eigenvalue weighted by atomic mass is 79.9. The molecular weight excluding hydrogens is 564 g/mol. The Morgan fingerprint density at radius 1 is 1.05 bits per heavy atom. The molecule has 6 rings (SSSR count). The zero-order chi connectivity index (χ0) is 27.8. The molecule has 0 radical (unpaired) electrons. The monoisotopic (exact) mass is 592 g/mol. The quantitative estimate of drug-likeness (QED) is 0.416. The van der Waals surface area contributed by atoms with Crippen LogP contribution in [0.15, 0.2) is 58.6 Å². The number of fused-ring (bicyclic) bond motifs is 4. The number of aromatic hydroxyl groups is 1. The number of allylic oxidation sites excluding steroid dienone is 2. The summed E-state index contributed by atoms with van der Waals surface area (Å²) in [6.45, 7) is 3.87. The van der Waals surface area contributed by atoms with Gasteiger partial charge in [0, 0.05) is 22.5 Å². The molecule has 6 atom stereocenters. The second kappa shape index (κ2) is 9.05. The first-order chi connectivity index (χ1) is 18.6. The molecule has 1 N–H and O–H groups in total. The number of phenols is 1. The first kappa shape index (κ1) is 25.8. The summed E-state index contributed by atoms with van der Waals surface area (Å²) in [4.78, 5) is 57.6. The molecular formula is C30H29BrN2O6. The van der Waals surface area contributed by atoms with Gasteiger partial charge in [0.15, 0.2) is 11.5 Å². The third kappa shape index (κ3) is 3.41. The smallest absolute Gasteiger partial charge is 0.241 e. The van der Waals surface area contributed by atoms with Crippen LogP contribution >= 0.6 is 15.9 Å². The molecule has 39 heavy (non-hydrogen) atoms. The third-order valence-corrected chi connectivity index (χ3v) is 9.75. The number of nitrogens with zero attached hydrogens (tertiary/aromatic N) is 2. The van der Waals surface area contributed by atoms with Gasteiger partial charge in [-0.3, -0.25) is 24.1 Å². The maximum Gasteiger partial charge on any atom is 0.241 e. The molecule has 202 valence electrons. The van der Waals surface area contributed by atoms with Crippen LogP contribution in [-0.2, 0) is 19.2 Å². The van der Waals surface area contributed by atoms with Crippen LogP contribution < -0.4 is 9.64 Å². The van der Waals surface area contributed by atoms with E-state index in [0.29, 0.717) is 28.7 Å². The van der Waals surface area contributed by atoms with Crippen molar-refractivity contribution in [1.29, 1.82) is 0 Å². The summed E-state index contributed by atoms with van der Waals surface area (Å²) in [5.74, 6) is -3.93. The molecule has 2 heterocycles. The van der Waals surface area contributed by atoms with Crippen molar-refractivity contribution in [3.63, 3.8) is 0 Å². The fraction of sp³-hybridized carbons (Fsp3) is 0.400. The molecule has 9 heteroatoms. The fourth-order valence-corrected chi connectivity index (χ4v) is 7.98. The molecule has 3 fully saturated rings. The number of imide groups is 2. The van der Waals surface area contributed by atoms with Crippen LogP contribution in [-0.4, -0.2) is 47.3 Å². The molecule has 8 nitrogen and oxygen atoms in total. The summed E-state index contributed by atoms with van der Waals surface area (Å²) in [6, 6.07) is 12.2. The number of carbonyl (C=O) groups is 4. The van der Waals surface area contributed by atoms with Gasteiger partial charge in [-0.15, -0.1) is 0 Å². The molecule has 0 bridgehead atoms. The van der Waals surface area contributed by atoms with Gasteiger partial charge in [-0.1, -0.05) is 45.8 Å². The number of amides is 4. The number of benzene rings is 2. The highest BCUT2D eigenvalue weighted by Gasteiger charge is 2.67. The summed E-state index contributed by atoms with van der Waals surface area (Å²) in [6.07, 6.45) is 2.61. The Hall–Kier alpha value is -3.46. The Morgan fingerprint density at radius 3 is 2.44 bits per heavy atom. The molecule has 0 unspecified atom stereocenters. The van der Waals surface area contributed by atoms with Crippen molar-refractivity contribution in [3.8, 4) is 11.5 Å². The number of likely N-dealkylation sites (tertiary alicyclic amines) is 1. The van der Waals surface area contributed by atoms with Gasteiger partial charge in [-0.05, 0) is 56.9 Å². The minimum atomic E-state index is -1.23. The standard InChI is InChI=1S/C30H29BrN2O6/c1-4-32-26(35)18-11-10-17-19(23(18)28(32)37)14-21-27(36)33(16-8-6-5-7-9-16)29(38)30(21,2)24(17)20-12-15(31)13-22(39-3)25(20)34/h5-10,12-13,18-19,21,23-24,34H,4,11,14H2,1-3H3/t18-,19+,21-,23-,24+,30+/m0/s1. The number of rotatable bonds is 4. The first-order valence-electron chi connectivity index (χ1n) is 13.2. The predicted octanol–water partition coefficient (Wildman–Crippen LogP) is 4.41. The number of hydrogen-bond donors (Lipinski definition) is 1. The summed E-state index contributed by atoms with van der Waals surface area (Å²) in [7, 11) is 1.45. The molecule has 0 spiro atoms. The maximum absolute atomic E-state index is 14.3. The molecule has 2 aliphatic heterocycles. The van der Waals surface area contributed by atoms with Crippen molar-refractivity contribution >= 4 is 45.2 Å². The van der Waals surface area contributed by atoms with Gasteiger partial charge in [-0.2, -0.15) is 0 Å². The summed E-state index contributed by atoms with van der Waals surface area (Å²) < 4.78 is 6.08. The van der Waals surface area contributed by atoms with Gasteiger partial charge >= 0.3 is 0 Å². The Bertz CT molecular complexity index is 1450. The number of ether oxygens (including phenoxy) is 1. The number of halogens is 1. The Labute approximate surface area is 234 Å². The number of para-hydroxylation sites is 1. The van der Waals surface area contributed by atoms with Crippen molar-refractivity contribution in [3.05, 3.63) is 64.1 Å². The van der Waals surface area contributed by atoms with E-state index < -0.39 is 35.0 Å². The van der Waals surface area contributed by atoms with Crippen molar-refractivity contribution in [2.45, 2.75) is 32.6 Å². The predicted molar refractivity (Wildman–Crippen MR) is 146 cm³/mol. The zero-order valence-electron chi connectivity index (χ0n) is 21.9. The first-order valence-corrected chi connectivity index (χ1v) is 14.0. The summed E-state index contributed by atoms with van der Waals surface area (Å²) in [5, 5.41) is 11.4. The van der Waals surface area contributed by atoms with E-state index in [2.05, 4.69) is 15.9 Å². The second-order valence-electron chi connectivity index (χ2n) is 11.0. The van der Waals surface area contributed by atoms with Crippen molar-refractivity contribution in [1.82, 2.24) is 4.90 Å². The molecule has 4 aliphatic rings. The Balaban J connectivity index is 1.58. The van der Waals surface area contributed by atoms with Gasteiger partial charge in [0.25, 0.3) is 0 Å². The minimum Gasteiger partial charge on any atom is -0.504 e. The van der Waals surface area contributed by atoms with E-state index >= 15 is 0 Å². The number of anilines is 1. The molecule has 4 amide bonds. The highest BCUT2D eigenvalue weighted by Crippen LogP contribution is 2.65. The lowest BCUT2D eigenvalue weighted by Crippen LogP contribution is -2.48. The number of phenolic OH excluding ortho intramolecular Hbond substituents is 1. The van der Waals surface area contributed by atoms with Crippen LogP contribution in [0.3, 0.4) is 0 Å². The van der Waals surface area contributed by atoms with Crippen LogP contribution in [0.1, 0.15) is 38.2 Å². The highest BCUT2D eigenvalue weighted by molar-refractivity contribution is 9.10. The lowest BCUT2D eigenvalue weighted by Gasteiger charge is -2.49. The number of carbonyl (C=O) groups excluding carboxylic acids is 4. The zero-order valence-corrected chi connectivity index (χ0v) is 23.5. The third-order valence-electron chi connectivity index (χ3n) is 9.30. The Morgan fingerprint density at radius 2 is 1.77 bits per heavy atom. The average Bonchev–Trinajstić information content (AvgIpc) is 3.29.